The van der Waals surface area contributed by atoms with Crippen LogP contribution in [0.1, 0.15) is 40.0 Å². The average Bonchev–Trinajstić information content (AvgIpc) is 2.68. The molecule has 1 N–H and O–H groups in total. The molecule has 2 fully saturated rings. The standard InChI is InChI=1S/C15H22O3/c1-14(2)11-5-4-9-10(8-18-13(9)17)15(11,3)7-6-12(14)16/h4,10-12,16H,5-8H2,1-3H3/t10-,11-,12+,15+/m0/s1. The molecule has 1 saturated carbocycles. The zero-order chi connectivity index (χ0) is 13.1. The van der Waals surface area contributed by atoms with E-state index >= 15 is 0 Å². The van der Waals surface area contributed by atoms with E-state index in [-0.39, 0.29) is 28.8 Å². The number of fused-ring (bicyclic) bond motifs is 3. The fourth-order valence-electron chi connectivity index (χ4n) is 4.56. The summed E-state index contributed by atoms with van der Waals surface area (Å²) in [6.45, 7) is 7.14. The van der Waals surface area contributed by atoms with E-state index < -0.39 is 0 Å². The van der Waals surface area contributed by atoms with Crippen molar-refractivity contribution in [3.8, 4) is 0 Å². The van der Waals surface area contributed by atoms with E-state index in [4.69, 9.17) is 4.74 Å². The van der Waals surface area contributed by atoms with Gasteiger partial charge < -0.3 is 9.84 Å². The lowest BCUT2D eigenvalue weighted by molar-refractivity contribution is -0.135. The van der Waals surface area contributed by atoms with Gasteiger partial charge in [0.25, 0.3) is 0 Å². The number of carbonyl (C=O) groups excluding carboxylic acids is 1. The minimum atomic E-state index is -0.233. The highest BCUT2D eigenvalue weighted by Crippen LogP contribution is 2.60. The predicted octanol–water partition coefficient (Wildman–Crippen LogP) is 2.29. The molecular weight excluding hydrogens is 228 g/mol. The summed E-state index contributed by atoms with van der Waals surface area (Å²) < 4.78 is 5.24. The van der Waals surface area contributed by atoms with E-state index in [1.165, 1.54) is 0 Å². The second kappa shape index (κ2) is 3.60. The highest BCUT2D eigenvalue weighted by molar-refractivity contribution is 5.91. The van der Waals surface area contributed by atoms with Crippen molar-refractivity contribution in [2.45, 2.75) is 46.1 Å². The largest absolute Gasteiger partial charge is 0.462 e. The van der Waals surface area contributed by atoms with Gasteiger partial charge in [0, 0.05) is 11.5 Å². The van der Waals surface area contributed by atoms with Gasteiger partial charge in [-0.3, -0.25) is 0 Å². The molecule has 3 nitrogen and oxygen atoms in total. The van der Waals surface area contributed by atoms with Crippen LogP contribution in [0.15, 0.2) is 11.6 Å². The fourth-order valence-corrected chi connectivity index (χ4v) is 4.56. The summed E-state index contributed by atoms with van der Waals surface area (Å²) in [5, 5.41) is 10.3. The first-order chi connectivity index (χ1) is 8.37. The number of aliphatic hydroxyl groups is 1. The normalized spacial score (nSPS) is 45.9. The van der Waals surface area contributed by atoms with Crippen molar-refractivity contribution >= 4 is 5.97 Å². The maximum Gasteiger partial charge on any atom is 0.334 e. The van der Waals surface area contributed by atoms with E-state index in [9.17, 15) is 9.90 Å². The molecule has 0 aromatic heterocycles. The van der Waals surface area contributed by atoms with Gasteiger partial charge in [-0.2, -0.15) is 0 Å². The van der Waals surface area contributed by atoms with Crippen LogP contribution in [0, 0.1) is 22.7 Å². The minimum absolute atomic E-state index is 0.0827. The maximum absolute atomic E-state index is 11.7. The summed E-state index contributed by atoms with van der Waals surface area (Å²) in [7, 11) is 0. The van der Waals surface area contributed by atoms with Crippen molar-refractivity contribution in [1.82, 2.24) is 0 Å². The van der Waals surface area contributed by atoms with Gasteiger partial charge in [0.05, 0.1) is 12.7 Å². The van der Waals surface area contributed by atoms with Crippen LogP contribution in [0.2, 0.25) is 0 Å². The Bertz CT molecular complexity index is 423. The van der Waals surface area contributed by atoms with Crippen molar-refractivity contribution < 1.29 is 14.6 Å². The van der Waals surface area contributed by atoms with Crippen LogP contribution in [0.5, 0.6) is 0 Å². The number of allylic oxidation sites excluding steroid dienone is 1. The molecule has 1 saturated heterocycles. The molecule has 100 valence electrons. The lowest BCUT2D eigenvalue weighted by atomic mass is 9.48. The van der Waals surface area contributed by atoms with Crippen LogP contribution < -0.4 is 0 Å². The van der Waals surface area contributed by atoms with Crippen molar-refractivity contribution in [1.29, 1.82) is 0 Å². The monoisotopic (exact) mass is 250 g/mol. The number of cyclic esters (lactones) is 1. The number of rotatable bonds is 0. The SMILES string of the molecule is CC1(C)[C@H](O)CC[C@]2(C)[C@H]3COC(=O)C3=CC[C@@H]12. The summed E-state index contributed by atoms with van der Waals surface area (Å²) in [6.07, 6.45) is 4.54. The van der Waals surface area contributed by atoms with Crippen molar-refractivity contribution in [2.24, 2.45) is 22.7 Å². The molecule has 0 amide bonds. The van der Waals surface area contributed by atoms with Crippen LogP contribution in [0.4, 0.5) is 0 Å². The van der Waals surface area contributed by atoms with E-state index in [1.807, 2.05) is 0 Å². The Morgan fingerprint density at radius 3 is 2.83 bits per heavy atom. The third kappa shape index (κ3) is 1.37. The third-order valence-corrected chi connectivity index (χ3v) is 5.87. The first-order valence-electron chi connectivity index (χ1n) is 6.92. The quantitative estimate of drug-likeness (QED) is 0.671. The highest BCUT2D eigenvalue weighted by Gasteiger charge is 2.58. The van der Waals surface area contributed by atoms with Crippen molar-refractivity contribution in [3.05, 3.63) is 11.6 Å². The fraction of sp³-hybridized carbons (Fsp3) is 0.800. The van der Waals surface area contributed by atoms with Gasteiger partial charge >= 0.3 is 5.97 Å². The molecule has 4 atom stereocenters. The molecule has 3 aliphatic rings. The Kier molecular flexibility index (Phi) is 2.44. The molecule has 1 aliphatic heterocycles. The zero-order valence-corrected chi connectivity index (χ0v) is 11.4. The molecular formula is C15H22O3. The molecule has 0 bridgehead atoms. The number of aliphatic hydroxyl groups excluding tert-OH is 1. The summed E-state index contributed by atoms with van der Waals surface area (Å²) >= 11 is 0. The number of ether oxygens (including phenoxy) is 1. The van der Waals surface area contributed by atoms with Gasteiger partial charge in [0.15, 0.2) is 0 Å². The molecule has 2 aliphatic carbocycles. The second-order valence-corrected chi connectivity index (χ2v) is 6.98. The van der Waals surface area contributed by atoms with Gasteiger partial charge in [-0.05, 0) is 36.0 Å². The number of hydrogen-bond acceptors (Lipinski definition) is 3. The topological polar surface area (TPSA) is 46.5 Å². The Morgan fingerprint density at radius 2 is 2.11 bits per heavy atom. The summed E-state index contributed by atoms with van der Waals surface area (Å²) in [5.74, 6) is 0.538. The molecule has 0 radical (unpaired) electrons. The zero-order valence-electron chi connectivity index (χ0n) is 11.4. The molecule has 0 aromatic carbocycles. The van der Waals surface area contributed by atoms with Crippen molar-refractivity contribution in [3.63, 3.8) is 0 Å². The predicted molar refractivity (Wildman–Crippen MR) is 67.8 cm³/mol. The highest BCUT2D eigenvalue weighted by atomic mass is 16.5. The smallest absolute Gasteiger partial charge is 0.334 e. The van der Waals surface area contributed by atoms with Crippen LogP contribution >= 0.6 is 0 Å². The van der Waals surface area contributed by atoms with Gasteiger partial charge in [-0.1, -0.05) is 26.8 Å². The van der Waals surface area contributed by atoms with E-state index in [1.54, 1.807) is 0 Å². The Hall–Kier alpha value is -0.830. The lowest BCUT2D eigenvalue weighted by Gasteiger charge is -2.56. The number of esters is 1. The van der Waals surface area contributed by atoms with E-state index in [2.05, 4.69) is 26.8 Å². The lowest BCUT2D eigenvalue weighted by Crippen LogP contribution is -2.54. The summed E-state index contributed by atoms with van der Waals surface area (Å²) in [4.78, 5) is 11.7. The molecule has 18 heavy (non-hydrogen) atoms. The molecule has 0 spiro atoms. The van der Waals surface area contributed by atoms with Crippen LogP contribution in [-0.4, -0.2) is 23.8 Å². The number of carbonyl (C=O) groups is 1. The molecule has 1 heterocycles. The molecule has 3 heteroatoms. The van der Waals surface area contributed by atoms with Gasteiger partial charge in [-0.25, -0.2) is 4.79 Å². The van der Waals surface area contributed by atoms with Crippen LogP contribution in [0.25, 0.3) is 0 Å². The van der Waals surface area contributed by atoms with Crippen LogP contribution in [0.3, 0.4) is 0 Å². The van der Waals surface area contributed by atoms with Crippen LogP contribution in [-0.2, 0) is 9.53 Å². The first kappa shape index (κ1) is 12.2. The Balaban J connectivity index is 2.03. The first-order valence-corrected chi connectivity index (χ1v) is 6.92. The molecule has 0 unspecified atom stereocenters. The maximum atomic E-state index is 11.7. The van der Waals surface area contributed by atoms with Gasteiger partial charge in [0.1, 0.15) is 0 Å². The second-order valence-electron chi connectivity index (χ2n) is 6.98. The Labute approximate surface area is 108 Å². The third-order valence-electron chi connectivity index (χ3n) is 5.87. The van der Waals surface area contributed by atoms with Gasteiger partial charge in [0.2, 0.25) is 0 Å². The summed E-state index contributed by atoms with van der Waals surface area (Å²) in [5.41, 5.74) is 0.903. The van der Waals surface area contributed by atoms with Crippen molar-refractivity contribution in [2.75, 3.05) is 6.61 Å². The summed E-state index contributed by atoms with van der Waals surface area (Å²) in [6, 6.07) is 0. The van der Waals surface area contributed by atoms with E-state index in [0.29, 0.717) is 12.5 Å². The molecule has 0 aromatic rings. The molecule has 3 rings (SSSR count). The Morgan fingerprint density at radius 1 is 1.39 bits per heavy atom. The average molecular weight is 250 g/mol. The number of hydrogen-bond donors (Lipinski definition) is 1. The van der Waals surface area contributed by atoms with Gasteiger partial charge in [-0.15, -0.1) is 0 Å². The van der Waals surface area contributed by atoms with E-state index in [0.717, 1.165) is 24.8 Å². The minimum Gasteiger partial charge on any atom is -0.462 e.